The summed E-state index contributed by atoms with van der Waals surface area (Å²) in [5.74, 6) is -1.01. The molecule has 16 heteroatoms. The van der Waals surface area contributed by atoms with E-state index in [0.717, 1.165) is 51.9 Å². The molecule has 0 spiro atoms. The molecule has 4 N–H and O–H groups in total. The first-order valence-electron chi connectivity index (χ1n) is 11.2. The number of anilines is 1. The summed E-state index contributed by atoms with van der Waals surface area (Å²) in [5.41, 5.74) is 5.69. The normalized spacial score (nSPS) is 23.0. The summed E-state index contributed by atoms with van der Waals surface area (Å²) in [4.78, 5) is 53.6. The number of carboxylic acids is 1. The molecule has 0 radical (unpaired) electrons. The number of rotatable bonds is 8. The van der Waals surface area contributed by atoms with Gasteiger partial charge in [-0.2, -0.15) is 4.98 Å². The molecule has 196 valence electrons. The van der Waals surface area contributed by atoms with Gasteiger partial charge < -0.3 is 21.0 Å². The monoisotopic (exact) mass is 582 g/mol. The highest BCUT2D eigenvalue weighted by molar-refractivity contribution is 8.07. The highest BCUT2D eigenvalue weighted by atomic mass is 32.2. The summed E-state index contributed by atoms with van der Waals surface area (Å²) in [6.45, 7) is 2.08. The number of amides is 2. The van der Waals surface area contributed by atoms with Gasteiger partial charge in [0.1, 0.15) is 29.9 Å². The fourth-order valence-corrected chi connectivity index (χ4v) is 8.60. The van der Waals surface area contributed by atoms with Gasteiger partial charge in [-0.1, -0.05) is 16.9 Å². The molecule has 3 aliphatic heterocycles. The second-order valence-corrected chi connectivity index (χ2v) is 13.0. The van der Waals surface area contributed by atoms with Crippen molar-refractivity contribution in [2.45, 2.75) is 28.6 Å². The Labute approximate surface area is 228 Å². The molecule has 0 unspecified atom stereocenters. The fourth-order valence-electron chi connectivity index (χ4n) is 4.48. The summed E-state index contributed by atoms with van der Waals surface area (Å²) >= 11 is 5.29. The summed E-state index contributed by atoms with van der Waals surface area (Å²) in [5, 5.41) is 19.7. The molecule has 2 amide bonds. The van der Waals surface area contributed by atoms with Crippen molar-refractivity contribution >= 4 is 80.6 Å². The molecular formula is C21H24N7O5S4+. The van der Waals surface area contributed by atoms with Gasteiger partial charge in [-0.3, -0.25) is 19.0 Å². The SMILES string of the molecule is CO/N=C(\C(=O)N[C@@H]1C(=O)N2C(C(=O)O)=C(Sc3nc([N+]4(C)CCCC4)cs3)CS[C@H]12)c1csc(N)n1. The number of nitrogens with zero attached hydrogens (tertiary/aromatic N) is 5. The molecule has 0 aliphatic carbocycles. The van der Waals surface area contributed by atoms with Gasteiger partial charge in [-0.15, -0.1) is 34.4 Å². The molecule has 2 aromatic heterocycles. The average molecular weight is 583 g/mol. The van der Waals surface area contributed by atoms with Gasteiger partial charge in [-0.05, 0) is 0 Å². The highest BCUT2D eigenvalue weighted by Crippen LogP contribution is 2.46. The number of hydrogen-bond donors (Lipinski definition) is 3. The zero-order valence-electron chi connectivity index (χ0n) is 19.9. The van der Waals surface area contributed by atoms with Crippen molar-refractivity contribution < 1.29 is 24.3 Å². The van der Waals surface area contributed by atoms with E-state index in [9.17, 15) is 19.5 Å². The Morgan fingerprint density at radius 1 is 1.30 bits per heavy atom. The highest BCUT2D eigenvalue weighted by Gasteiger charge is 2.54. The predicted octanol–water partition coefficient (Wildman–Crippen LogP) is 1.75. The van der Waals surface area contributed by atoms with E-state index >= 15 is 0 Å². The first-order chi connectivity index (χ1) is 17.7. The predicted molar refractivity (Wildman–Crippen MR) is 144 cm³/mol. The van der Waals surface area contributed by atoms with Crippen molar-refractivity contribution in [3.63, 3.8) is 0 Å². The van der Waals surface area contributed by atoms with Crippen LogP contribution in [0, 0.1) is 0 Å². The second-order valence-electron chi connectivity index (χ2n) is 8.76. The third-order valence-electron chi connectivity index (χ3n) is 6.37. The van der Waals surface area contributed by atoms with Crippen LogP contribution in [0.15, 0.2) is 30.9 Å². The lowest BCUT2D eigenvalue weighted by atomic mass is 10.0. The van der Waals surface area contributed by atoms with Gasteiger partial charge in [0.2, 0.25) is 5.82 Å². The molecule has 3 aliphatic rings. The minimum absolute atomic E-state index is 0.0689. The minimum atomic E-state index is -1.19. The number of fused-ring (bicyclic) bond motifs is 1. The number of oxime groups is 1. The lowest BCUT2D eigenvalue weighted by molar-refractivity contribution is -0.150. The van der Waals surface area contributed by atoms with Gasteiger partial charge in [0, 0.05) is 28.9 Å². The molecule has 0 bridgehead atoms. The van der Waals surface area contributed by atoms with E-state index in [2.05, 4.69) is 22.5 Å². The quantitative estimate of drug-likeness (QED) is 0.181. The topological polar surface area (TPSA) is 160 Å². The number of nitrogen functional groups attached to an aromatic ring is 1. The summed E-state index contributed by atoms with van der Waals surface area (Å²) < 4.78 is 1.53. The van der Waals surface area contributed by atoms with E-state index < -0.39 is 29.2 Å². The van der Waals surface area contributed by atoms with Crippen molar-refractivity contribution in [3.8, 4) is 0 Å². The number of thioether (sulfide) groups is 2. The Bertz CT molecular complexity index is 1320. The third-order valence-corrected chi connectivity index (χ3v) is 10.5. The first kappa shape index (κ1) is 26.0. The fraction of sp³-hybridized carbons (Fsp3) is 0.429. The standard InChI is InChI=1S/C21H23N7O5S4/c1-28(5-3-4-6-28)12-9-36-21(24-12)37-11-8-34-18-14(17(30)27(18)15(11)19(31)32)25-16(29)13(26-33-2)10-7-35-20(22)23-10/h7,9,14,18H,3-6,8H2,1-2H3,(H3-,22,23,25,29,31,32)/p+1/b26-13-/t14-,18-/m1/s1. The lowest BCUT2D eigenvalue weighted by Crippen LogP contribution is -2.71. The average Bonchev–Trinajstić information content (AvgIpc) is 3.62. The zero-order chi connectivity index (χ0) is 26.3. The smallest absolute Gasteiger partial charge is 0.353 e. The van der Waals surface area contributed by atoms with Crippen LogP contribution in [0.5, 0.6) is 0 Å². The lowest BCUT2D eigenvalue weighted by Gasteiger charge is -2.49. The van der Waals surface area contributed by atoms with Crippen molar-refractivity contribution in [2.75, 3.05) is 38.7 Å². The molecule has 12 nitrogen and oxygen atoms in total. The molecule has 0 saturated carbocycles. The number of nitrogens with one attached hydrogen (secondary N) is 1. The largest absolute Gasteiger partial charge is 0.477 e. The van der Waals surface area contributed by atoms with E-state index in [1.54, 1.807) is 5.38 Å². The van der Waals surface area contributed by atoms with Crippen LogP contribution < -0.4 is 15.5 Å². The third kappa shape index (κ3) is 4.83. The molecule has 0 aromatic carbocycles. The number of likely N-dealkylation sites (tertiary alicyclic amines) is 1. The van der Waals surface area contributed by atoms with E-state index in [-0.39, 0.29) is 22.2 Å². The van der Waals surface area contributed by atoms with E-state index in [1.807, 2.05) is 5.38 Å². The van der Waals surface area contributed by atoms with Crippen LogP contribution in [0.2, 0.25) is 0 Å². The van der Waals surface area contributed by atoms with Crippen LogP contribution in [0.3, 0.4) is 0 Å². The van der Waals surface area contributed by atoms with Crippen molar-refractivity contribution in [3.05, 3.63) is 27.1 Å². The number of carbonyl (C=O) groups is 3. The Morgan fingerprint density at radius 2 is 2.05 bits per heavy atom. The second kappa shape index (κ2) is 10.2. The van der Waals surface area contributed by atoms with Gasteiger partial charge in [0.15, 0.2) is 15.2 Å². The number of quaternary nitrogens is 1. The first-order valence-corrected chi connectivity index (χ1v) is 14.9. The molecule has 37 heavy (non-hydrogen) atoms. The van der Waals surface area contributed by atoms with E-state index in [0.29, 0.717) is 10.7 Å². The number of hydrogen-bond acceptors (Lipinski definition) is 12. The number of carbonyl (C=O) groups excluding carboxylic acids is 2. The van der Waals surface area contributed by atoms with Crippen LogP contribution in [0.1, 0.15) is 18.5 Å². The molecule has 2 fully saturated rings. The molecule has 2 atom stereocenters. The van der Waals surface area contributed by atoms with Crippen LogP contribution >= 0.6 is 46.2 Å². The van der Waals surface area contributed by atoms with Crippen LogP contribution in [-0.4, -0.2) is 87.9 Å². The molecule has 5 heterocycles. The summed E-state index contributed by atoms with van der Waals surface area (Å²) in [7, 11) is 3.46. The van der Waals surface area contributed by atoms with Gasteiger partial charge in [0.05, 0.1) is 25.5 Å². The minimum Gasteiger partial charge on any atom is -0.477 e. The zero-order valence-corrected chi connectivity index (χ0v) is 23.1. The maximum atomic E-state index is 13.1. The number of thiazole rings is 2. The number of nitrogens with two attached hydrogens (primary N) is 1. The van der Waals surface area contributed by atoms with E-state index in [1.165, 1.54) is 46.9 Å². The number of β-lactam (4-membered cyclic amide) rings is 1. The van der Waals surface area contributed by atoms with Crippen LogP contribution in [0.4, 0.5) is 10.9 Å². The number of aliphatic carboxylic acids is 1. The maximum Gasteiger partial charge on any atom is 0.353 e. The maximum absolute atomic E-state index is 13.1. The van der Waals surface area contributed by atoms with Crippen molar-refractivity contribution in [1.82, 2.24) is 24.7 Å². The molecule has 5 rings (SSSR count). The van der Waals surface area contributed by atoms with Gasteiger partial charge >= 0.3 is 5.97 Å². The van der Waals surface area contributed by atoms with Gasteiger partial charge in [-0.25, -0.2) is 9.78 Å². The molecular weight excluding hydrogens is 559 g/mol. The number of carboxylic acid groups (broad SMARTS) is 1. The van der Waals surface area contributed by atoms with Crippen molar-refractivity contribution in [2.24, 2.45) is 5.16 Å². The molecule has 2 saturated heterocycles. The van der Waals surface area contributed by atoms with Crippen LogP contribution in [0.25, 0.3) is 0 Å². The Balaban J connectivity index is 1.32. The summed E-state index contributed by atoms with van der Waals surface area (Å²) in [6.07, 6.45) is 2.32. The van der Waals surface area contributed by atoms with Crippen molar-refractivity contribution in [1.29, 1.82) is 0 Å². The summed E-state index contributed by atoms with van der Waals surface area (Å²) in [6, 6.07) is -0.914. The molecule has 2 aromatic rings. The van der Waals surface area contributed by atoms with Crippen LogP contribution in [-0.2, 0) is 19.2 Å². The Kier molecular flexibility index (Phi) is 7.19. The Morgan fingerprint density at radius 3 is 2.70 bits per heavy atom. The van der Waals surface area contributed by atoms with Gasteiger partial charge in [0.25, 0.3) is 11.8 Å². The number of aromatic nitrogens is 2. The Hall–Kier alpha value is -2.66. The van der Waals surface area contributed by atoms with E-state index in [4.69, 9.17) is 15.6 Å².